The summed E-state index contributed by atoms with van der Waals surface area (Å²) in [6, 6.07) is -0.633. The van der Waals surface area contributed by atoms with E-state index in [1.54, 1.807) is 6.08 Å². The number of aliphatic hydroxyl groups excluding tert-OH is 2. The van der Waals surface area contributed by atoms with Gasteiger partial charge in [-0.25, -0.2) is 0 Å². The molecule has 0 aliphatic heterocycles. The number of carbonyl (C=O) groups excluding carboxylic acids is 2. The Bertz CT molecular complexity index is 1150. The van der Waals surface area contributed by atoms with E-state index in [1.165, 1.54) is 270 Å². The molecule has 0 spiro atoms. The molecule has 1 amide bonds. The molecule has 0 fully saturated rings. The Balaban J connectivity index is 3.46. The van der Waals surface area contributed by atoms with Gasteiger partial charge in [0.05, 0.1) is 25.4 Å². The fraction of sp³-hybridized carbons (Fsp3) is 0.877. The number of rotatable bonds is 59. The van der Waals surface area contributed by atoms with Crippen molar-refractivity contribution in [3.8, 4) is 0 Å². The molecule has 0 aromatic carbocycles. The minimum absolute atomic E-state index is 0.00929. The molecule has 71 heavy (non-hydrogen) atoms. The molecule has 0 aromatic rings. The van der Waals surface area contributed by atoms with Crippen LogP contribution in [0.1, 0.15) is 341 Å². The molecule has 0 saturated carbocycles. The van der Waals surface area contributed by atoms with Gasteiger partial charge in [0.2, 0.25) is 5.91 Å². The van der Waals surface area contributed by atoms with Crippen LogP contribution >= 0.6 is 0 Å². The minimum atomic E-state index is -0.849. The van der Waals surface area contributed by atoms with Gasteiger partial charge in [0.1, 0.15) is 0 Å². The highest BCUT2D eigenvalue weighted by Gasteiger charge is 2.18. The summed E-state index contributed by atoms with van der Waals surface area (Å²) in [6.45, 7) is 4.91. The predicted molar refractivity (Wildman–Crippen MR) is 310 cm³/mol. The third-order valence-corrected chi connectivity index (χ3v) is 14.7. The SMILES string of the molecule is CCCCCCCCCCCCCCCCC/C=C/C(O)C(CO)NC(=O)CCCCCCCCCCC/C=C\C/C=C\CCCCCCCCCCCOC(=O)CCCCCCCCCCCCCC. The van der Waals surface area contributed by atoms with E-state index in [1.807, 2.05) is 6.08 Å². The summed E-state index contributed by atoms with van der Waals surface area (Å²) in [6.07, 6.45) is 76.2. The number of carbonyl (C=O) groups is 2. The largest absolute Gasteiger partial charge is 0.466 e. The highest BCUT2D eigenvalue weighted by molar-refractivity contribution is 5.76. The van der Waals surface area contributed by atoms with Crippen molar-refractivity contribution in [1.82, 2.24) is 5.32 Å². The zero-order chi connectivity index (χ0) is 51.4. The van der Waals surface area contributed by atoms with Crippen LogP contribution in [0.25, 0.3) is 0 Å². The van der Waals surface area contributed by atoms with Gasteiger partial charge < -0.3 is 20.3 Å². The summed E-state index contributed by atoms with van der Waals surface area (Å²) in [5.41, 5.74) is 0. The summed E-state index contributed by atoms with van der Waals surface area (Å²) >= 11 is 0. The number of aliphatic hydroxyl groups is 2. The van der Waals surface area contributed by atoms with Crippen LogP contribution in [0.2, 0.25) is 0 Å². The minimum Gasteiger partial charge on any atom is -0.466 e. The van der Waals surface area contributed by atoms with E-state index in [9.17, 15) is 19.8 Å². The van der Waals surface area contributed by atoms with Crippen LogP contribution in [0.3, 0.4) is 0 Å². The third kappa shape index (κ3) is 57.2. The second-order valence-corrected chi connectivity index (χ2v) is 21.7. The average Bonchev–Trinajstić information content (AvgIpc) is 3.37. The Morgan fingerprint density at radius 2 is 0.704 bits per heavy atom. The lowest BCUT2D eigenvalue weighted by atomic mass is 10.0. The summed E-state index contributed by atoms with van der Waals surface area (Å²) in [5.74, 6) is -0.0629. The number of esters is 1. The molecule has 0 saturated heterocycles. The van der Waals surface area contributed by atoms with Crippen molar-refractivity contribution >= 4 is 11.9 Å². The Hall–Kier alpha value is -1.92. The predicted octanol–water partition coefficient (Wildman–Crippen LogP) is 20.0. The summed E-state index contributed by atoms with van der Waals surface area (Å²) in [5, 5.41) is 23.2. The molecule has 0 rings (SSSR count). The lowest BCUT2D eigenvalue weighted by Crippen LogP contribution is -2.45. The molecule has 2 atom stereocenters. The van der Waals surface area contributed by atoms with Gasteiger partial charge in [0.25, 0.3) is 0 Å². The second-order valence-electron chi connectivity index (χ2n) is 21.7. The summed E-state index contributed by atoms with van der Waals surface area (Å²) in [7, 11) is 0. The van der Waals surface area contributed by atoms with Gasteiger partial charge in [-0.2, -0.15) is 0 Å². The molecule has 0 heterocycles. The molecule has 0 aliphatic carbocycles. The smallest absolute Gasteiger partial charge is 0.305 e. The first-order valence-corrected chi connectivity index (χ1v) is 31.8. The van der Waals surface area contributed by atoms with Gasteiger partial charge in [-0.1, -0.05) is 301 Å². The molecule has 3 N–H and O–H groups in total. The Kier molecular flexibility index (Phi) is 59.0. The van der Waals surface area contributed by atoms with Gasteiger partial charge in [0, 0.05) is 12.8 Å². The molecule has 6 heteroatoms. The highest BCUT2D eigenvalue weighted by atomic mass is 16.5. The van der Waals surface area contributed by atoms with Gasteiger partial charge in [-0.05, 0) is 64.2 Å². The normalized spacial score (nSPS) is 12.8. The second kappa shape index (κ2) is 60.6. The number of hydrogen-bond acceptors (Lipinski definition) is 5. The van der Waals surface area contributed by atoms with Crippen LogP contribution in [0.4, 0.5) is 0 Å². The Morgan fingerprint density at radius 3 is 1.07 bits per heavy atom. The summed E-state index contributed by atoms with van der Waals surface area (Å²) < 4.78 is 5.47. The van der Waals surface area contributed by atoms with Crippen LogP contribution in [-0.4, -0.2) is 47.4 Å². The van der Waals surface area contributed by atoms with E-state index in [0.29, 0.717) is 19.4 Å². The average molecular weight is 999 g/mol. The molecular formula is C65H123NO5. The maximum absolute atomic E-state index is 12.5. The van der Waals surface area contributed by atoms with Gasteiger partial charge in [0.15, 0.2) is 0 Å². The zero-order valence-corrected chi connectivity index (χ0v) is 47.7. The first-order valence-electron chi connectivity index (χ1n) is 31.8. The molecular weight excluding hydrogens is 875 g/mol. The molecule has 0 bridgehead atoms. The molecule has 0 aromatic heterocycles. The zero-order valence-electron chi connectivity index (χ0n) is 47.7. The third-order valence-electron chi connectivity index (χ3n) is 14.7. The molecule has 2 unspecified atom stereocenters. The lowest BCUT2D eigenvalue weighted by molar-refractivity contribution is -0.143. The van der Waals surface area contributed by atoms with Crippen molar-refractivity contribution in [2.45, 2.75) is 353 Å². The maximum Gasteiger partial charge on any atom is 0.305 e. The number of hydrogen-bond donors (Lipinski definition) is 3. The first-order chi connectivity index (χ1) is 35.0. The first kappa shape index (κ1) is 69.1. The monoisotopic (exact) mass is 998 g/mol. The van der Waals surface area contributed by atoms with Crippen LogP contribution < -0.4 is 5.32 Å². The van der Waals surface area contributed by atoms with Crippen molar-refractivity contribution in [1.29, 1.82) is 0 Å². The van der Waals surface area contributed by atoms with E-state index in [4.69, 9.17) is 4.74 Å². The van der Waals surface area contributed by atoms with Crippen LogP contribution in [-0.2, 0) is 14.3 Å². The number of amides is 1. The van der Waals surface area contributed by atoms with Crippen molar-refractivity contribution in [3.63, 3.8) is 0 Å². The van der Waals surface area contributed by atoms with Crippen LogP contribution in [0.15, 0.2) is 36.5 Å². The fourth-order valence-electron chi connectivity index (χ4n) is 9.78. The van der Waals surface area contributed by atoms with E-state index in [-0.39, 0.29) is 18.5 Å². The standard InChI is InChI=1S/C65H123NO5/c1-3-5-7-9-11-13-15-17-18-28-31-34-37-41-45-49-53-57-63(68)62(61-67)66-64(69)58-54-50-46-42-38-35-32-29-26-24-22-20-19-21-23-25-27-30-33-36-40-44-48-52-56-60-71-65(70)59-55-51-47-43-39-16-14-12-10-8-6-4-2/h20-23,53,57,62-63,67-68H,3-19,24-52,54-56,58-61H2,1-2H3,(H,66,69)/b22-20-,23-21-,57-53+. The summed E-state index contributed by atoms with van der Waals surface area (Å²) in [4.78, 5) is 24.5. The topological polar surface area (TPSA) is 95.9 Å². The molecule has 0 radical (unpaired) electrons. The van der Waals surface area contributed by atoms with Crippen molar-refractivity contribution in [3.05, 3.63) is 36.5 Å². The van der Waals surface area contributed by atoms with Gasteiger partial charge in [-0.15, -0.1) is 0 Å². The van der Waals surface area contributed by atoms with Crippen molar-refractivity contribution in [2.24, 2.45) is 0 Å². The number of allylic oxidation sites excluding steroid dienone is 5. The fourth-order valence-corrected chi connectivity index (χ4v) is 9.78. The highest BCUT2D eigenvalue weighted by Crippen LogP contribution is 2.17. The number of ether oxygens (including phenoxy) is 1. The lowest BCUT2D eigenvalue weighted by Gasteiger charge is -2.20. The van der Waals surface area contributed by atoms with E-state index < -0.39 is 12.1 Å². The molecule has 6 nitrogen and oxygen atoms in total. The maximum atomic E-state index is 12.5. The molecule has 0 aliphatic rings. The van der Waals surface area contributed by atoms with Crippen molar-refractivity contribution in [2.75, 3.05) is 13.2 Å². The van der Waals surface area contributed by atoms with E-state index in [2.05, 4.69) is 43.5 Å². The number of nitrogens with one attached hydrogen (secondary N) is 1. The molecule has 418 valence electrons. The van der Waals surface area contributed by atoms with Crippen LogP contribution in [0, 0.1) is 0 Å². The Morgan fingerprint density at radius 1 is 0.394 bits per heavy atom. The quantitative estimate of drug-likeness (QED) is 0.0321. The van der Waals surface area contributed by atoms with Gasteiger partial charge >= 0.3 is 5.97 Å². The number of unbranched alkanes of at least 4 members (excludes halogenated alkanes) is 44. The van der Waals surface area contributed by atoms with Gasteiger partial charge in [-0.3, -0.25) is 9.59 Å². The Labute approximate surface area is 443 Å². The van der Waals surface area contributed by atoms with Crippen LogP contribution in [0.5, 0.6) is 0 Å². The van der Waals surface area contributed by atoms with E-state index >= 15 is 0 Å². The van der Waals surface area contributed by atoms with Crippen molar-refractivity contribution < 1.29 is 24.5 Å². The van der Waals surface area contributed by atoms with E-state index in [0.717, 1.165) is 44.9 Å².